The molecule has 1 heterocycles. The zero-order valence-electron chi connectivity index (χ0n) is 20.5. The number of benzene rings is 2. The molecule has 1 atom stereocenters. The van der Waals surface area contributed by atoms with Crippen LogP contribution < -0.4 is 4.74 Å². The number of nitrogens with zero attached hydrogens (tertiary/aromatic N) is 2. The fraction of sp³-hybridized carbons (Fsp3) is 0.393. The highest BCUT2D eigenvalue weighted by Gasteiger charge is 2.24. The van der Waals surface area contributed by atoms with E-state index in [0.29, 0.717) is 25.3 Å². The maximum absolute atomic E-state index is 12.6. The zero-order chi connectivity index (χ0) is 25.3. The predicted octanol–water partition coefficient (Wildman–Crippen LogP) is 6.02. The summed E-state index contributed by atoms with van der Waals surface area (Å²) in [5.74, 6) is 0.242. The van der Waals surface area contributed by atoms with E-state index in [2.05, 4.69) is 4.98 Å². The van der Waals surface area contributed by atoms with Crippen LogP contribution in [0, 0.1) is 5.92 Å². The molecule has 1 fully saturated rings. The maximum Gasteiger partial charge on any atom is 0.317 e. The molecule has 0 aliphatic heterocycles. The van der Waals surface area contributed by atoms with Gasteiger partial charge in [-0.2, -0.15) is 0 Å². The Morgan fingerprint density at radius 1 is 1.11 bits per heavy atom. The normalized spacial score (nSPS) is 14.8. The van der Waals surface area contributed by atoms with E-state index < -0.39 is 11.2 Å². The standard InChI is InChI=1S/C28H32N2O4S2/c1-30(26(31)22-10-6-3-7-11-22)16-17-34-23-14-12-20(13-15-23)18-24(27(32)33)35-28-29-19-25(36-28)21-8-4-2-5-9-21/h2,4-5,8-9,12-15,19,22,24H,3,6-7,10-11,16-18H2,1H3,(H,32,33). The van der Waals surface area contributed by atoms with Gasteiger partial charge in [0.25, 0.3) is 0 Å². The molecule has 36 heavy (non-hydrogen) atoms. The van der Waals surface area contributed by atoms with Gasteiger partial charge in [-0.05, 0) is 42.5 Å². The van der Waals surface area contributed by atoms with E-state index in [1.54, 1.807) is 11.1 Å². The molecule has 0 saturated heterocycles. The number of hydrogen-bond acceptors (Lipinski definition) is 6. The first-order valence-corrected chi connectivity index (χ1v) is 14.1. The lowest BCUT2D eigenvalue weighted by atomic mass is 9.88. The van der Waals surface area contributed by atoms with Crippen molar-refractivity contribution in [2.24, 2.45) is 5.92 Å². The molecule has 4 rings (SSSR count). The monoisotopic (exact) mass is 524 g/mol. The number of amides is 1. The van der Waals surface area contributed by atoms with Crippen molar-refractivity contribution in [1.29, 1.82) is 0 Å². The van der Waals surface area contributed by atoms with Crippen molar-refractivity contribution in [3.8, 4) is 16.2 Å². The molecule has 190 valence electrons. The third-order valence-electron chi connectivity index (χ3n) is 6.43. The lowest BCUT2D eigenvalue weighted by Gasteiger charge is -2.26. The van der Waals surface area contributed by atoms with Crippen LogP contribution >= 0.6 is 23.1 Å². The Hall–Kier alpha value is -2.84. The Kier molecular flexibility index (Phi) is 9.41. The fourth-order valence-electron chi connectivity index (χ4n) is 4.36. The van der Waals surface area contributed by atoms with E-state index in [4.69, 9.17) is 4.74 Å². The van der Waals surface area contributed by atoms with E-state index in [1.807, 2.05) is 61.6 Å². The van der Waals surface area contributed by atoms with E-state index in [1.165, 1.54) is 29.5 Å². The number of aliphatic carboxylic acids is 1. The number of rotatable bonds is 11. The molecule has 2 aromatic carbocycles. The molecule has 1 aliphatic rings. The second-order valence-electron chi connectivity index (χ2n) is 9.09. The summed E-state index contributed by atoms with van der Waals surface area (Å²) in [5.41, 5.74) is 2.00. The summed E-state index contributed by atoms with van der Waals surface area (Å²) in [5, 5.41) is 9.15. The molecular weight excluding hydrogens is 492 g/mol. The van der Waals surface area contributed by atoms with Crippen molar-refractivity contribution < 1.29 is 19.4 Å². The van der Waals surface area contributed by atoms with E-state index >= 15 is 0 Å². The molecule has 0 spiro atoms. The largest absolute Gasteiger partial charge is 0.492 e. The Morgan fingerprint density at radius 3 is 2.53 bits per heavy atom. The summed E-state index contributed by atoms with van der Waals surface area (Å²) < 4.78 is 6.58. The van der Waals surface area contributed by atoms with Crippen LogP contribution in [-0.4, -0.2) is 52.3 Å². The summed E-state index contributed by atoms with van der Waals surface area (Å²) in [7, 11) is 1.85. The number of thiazole rings is 1. The summed E-state index contributed by atoms with van der Waals surface area (Å²) in [6, 6.07) is 17.5. The van der Waals surface area contributed by atoms with Crippen LogP contribution in [0.15, 0.2) is 65.1 Å². The van der Waals surface area contributed by atoms with Crippen LogP contribution in [0.1, 0.15) is 37.7 Å². The smallest absolute Gasteiger partial charge is 0.317 e. The van der Waals surface area contributed by atoms with Gasteiger partial charge in [-0.25, -0.2) is 4.98 Å². The lowest BCUT2D eigenvalue weighted by Crippen LogP contribution is -2.36. The average molecular weight is 525 g/mol. The van der Waals surface area contributed by atoms with Gasteiger partial charge < -0.3 is 14.7 Å². The molecule has 1 unspecified atom stereocenters. The maximum atomic E-state index is 12.6. The van der Waals surface area contributed by atoms with E-state index in [9.17, 15) is 14.7 Å². The first kappa shape index (κ1) is 26.2. The summed E-state index contributed by atoms with van der Waals surface area (Å²) in [6.07, 6.45) is 7.71. The molecule has 1 N–H and O–H groups in total. The minimum atomic E-state index is -0.859. The quantitative estimate of drug-likeness (QED) is 0.309. The lowest BCUT2D eigenvalue weighted by molar-refractivity contribution is -0.136. The van der Waals surface area contributed by atoms with Crippen LogP contribution in [0.4, 0.5) is 0 Å². The number of ether oxygens (including phenoxy) is 1. The highest BCUT2D eigenvalue weighted by molar-refractivity contribution is 8.02. The second-order valence-corrected chi connectivity index (χ2v) is 11.6. The zero-order valence-corrected chi connectivity index (χ0v) is 22.1. The van der Waals surface area contributed by atoms with Gasteiger partial charge in [0.2, 0.25) is 5.91 Å². The SMILES string of the molecule is CN(CCOc1ccc(CC(Sc2ncc(-c3ccccc3)s2)C(=O)O)cc1)C(=O)C1CCCCC1. The topological polar surface area (TPSA) is 79.7 Å². The van der Waals surface area contributed by atoms with Gasteiger partial charge in [0, 0.05) is 19.2 Å². The Morgan fingerprint density at radius 2 is 1.83 bits per heavy atom. The first-order valence-electron chi connectivity index (χ1n) is 12.4. The van der Waals surface area contributed by atoms with Crippen molar-refractivity contribution in [3.05, 3.63) is 66.4 Å². The first-order chi connectivity index (χ1) is 17.5. The number of carboxylic acid groups (broad SMARTS) is 1. The number of carbonyl (C=O) groups excluding carboxylic acids is 1. The molecule has 1 saturated carbocycles. The molecule has 8 heteroatoms. The van der Waals surface area contributed by atoms with Crippen LogP contribution in [-0.2, 0) is 16.0 Å². The highest BCUT2D eigenvalue weighted by atomic mass is 32.2. The van der Waals surface area contributed by atoms with Gasteiger partial charge in [-0.3, -0.25) is 9.59 Å². The molecule has 1 aromatic heterocycles. The van der Waals surface area contributed by atoms with Crippen molar-refractivity contribution in [3.63, 3.8) is 0 Å². The highest BCUT2D eigenvalue weighted by Crippen LogP contribution is 2.34. The van der Waals surface area contributed by atoms with Gasteiger partial charge in [0.15, 0.2) is 4.34 Å². The molecule has 3 aromatic rings. The molecule has 1 aliphatic carbocycles. The number of thioether (sulfide) groups is 1. The van der Waals surface area contributed by atoms with Gasteiger partial charge >= 0.3 is 5.97 Å². The molecule has 1 amide bonds. The third kappa shape index (κ3) is 7.34. The molecule has 0 bridgehead atoms. The second kappa shape index (κ2) is 12.9. The Balaban J connectivity index is 1.26. The predicted molar refractivity (Wildman–Crippen MR) is 145 cm³/mol. The molecular formula is C28H32N2O4S2. The van der Waals surface area contributed by atoms with Crippen molar-refractivity contribution >= 4 is 35.0 Å². The number of aromatic nitrogens is 1. The summed E-state index contributed by atoms with van der Waals surface area (Å²) in [4.78, 5) is 31.7. The van der Waals surface area contributed by atoms with Crippen LogP contribution in [0.5, 0.6) is 5.75 Å². The van der Waals surface area contributed by atoms with Crippen LogP contribution in [0.2, 0.25) is 0 Å². The fourth-order valence-corrected chi connectivity index (χ4v) is 6.55. The van der Waals surface area contributed by atoms with Gasteiger partial charge in [0.1, 0.15) is 17.6 Å². The summed E-state index contributed by atoms with van der Waals surface area (Å²) in [6.45, 7) is 0.975. The van der Waals surface area contributed by atoms with Gasteiger partial charge in [0.05, 0.1) is 11.4 Å². The van der Waals surface area contributed by atoms with Crippen LogP contribution in [0.3, 0.4) is 0 Å². The van der Waals surface area contributed by atoms with E-state index in [-0.39, 0.29) is 11.8 Å². The molecule has 0 radical (unpaired) electrons. The number of hydrogen-bond donors (Lipinski definition) is 1. The van der Waals surface area contributed by atoms with Crippen molar-refractivity contribution in [1.82, 2.24) is 9.88 Å². The van der Waals surface area contributed by atoms with Crippen molar-refractivity contribution in [2.45, 2.75) is 48.1 Å². The Labute approximate surface area is 220 Å². The average Bonchev–Trinajstić information content (AvgIpc) is 3.38. The van der Waals surface area contributed by atoms with Crippen LogP contribution in [0.25, 0.3) is 10.4 Å². The Bertz CT molecular complexity index is 1130. The minimum absolute atomic E-state index is 0.164. The number of carboxylic acids is 1. The van der Waals surface area contributed by atoms with Gasteiger partial charge in [-0.1, -0.05) is 73.5 Å². The molecule has 6 nitrogen and oxygen atoms in total. The van der Waals surface area contributed by atoms with Crippen molar-refractivity contribution in [2.75, 3.05) is 20.2 Å². The minimum Gasteiger partial charge on any atom is -0.492 e. The van der Waals surface area contributed by atoms with E-state index in [0.717, 1.165) is 46.0 Å². The third-order valence-corrected chi connectivity index (χ3v) is 8.77. The number of carbonyl (C=O) groups is 2. The number of likely N-dealkylation sites (N-methyl/N-ethyl adjacent to an activating group) is 1. The van der Waals surface area contributed by atoms with Gasteiger partial charge in [-0.15, -0.1) is 11.3 Å². The summed E-state index contributed by atoms with van der Waals surface area (Å²) >= 11 is 2.79.